The fourth-order valence-corrected chi connectivity index (χ4v) is 2.89. The normalized spacial score (nSPS) is 18.9. The molecule has 0 aromatic carbocycles. The first-order chi connectivity index (χ1) is 10.2. The second-order valence-electron chi connectivity index (χ2n) is 5.80. The Balaban J connectivity index is 1.72. The van der Waals surface area contributed by atoms with E-state index in [4.69, 9.17) is 0 Å². The third-order valence-corrected chi connectivity index (χ3v) is 4.16. The Morgan fingerprint density at radius 1 is 1.05 bits per heavy atom. The van der Waals surface area contributed by atoms with Gasteiger partial charge in [-0.15, -0.1) is 0 Å². The topological polar surface area (TPSA) is 66.5 Å². The number of likely N-dealkylation sites (tertiary alicyclic amines) is 1. The molecule has 2 amide bonds. The van der Waals surface area contributed by atoms with Crippen LogP contribution in [0.1, 0.15) is 51.4 Å². The summed E-state index contributed by atoms with van der Waals surface area (Å²) in [6.45, 7) is 1.61. The molecule has 1 aliphatic carbocycles. The summed E-state index contributed by atoms with van der Waals surface area (Å²) in [5.41, 5.74) is 1.34. The van der Waals surface area contributed by atoms with Crippen molar-refractivity contribution in [3.8, 4) is 0 Å². The molecule has 0 radical (unpaired) electrons. The Labute approximate surface area is 125 Å². The Morgan fingerprint density at radius 3 is 2.48 bits per heavy atom. The third-order valence-electron chi connectivity index (χ3n) is 4.16. The lowest BCUT2D eigenvalue weighted by atomic mass is 9.97. The average Bonchev–Trinajstić information content (AvgIpc) is 2.55. The summed E-state index contributed by atoms with van der Waals surface area (Å²) in [6, 6.07) is 0. The molecule has 0 spiro atoms. The second-order valence-corrected chi connectivity index (χ2v) is 5.80. The van der Waals surface area contributed by atoms with Crippen LogP contribution in [0, 0.1) is 0 Å². The molecule has 0 aromatic heterocycles. The molecule has 1 N–H and O–H groups in total. The summed E-state index contributed by atoms with van der Waals surface area (Å²) in [6.07, 6.45) is 10.5. The number of carbonyl (C=O) groups excluding carboxylic acids is 3. The van der Waals surface area contributed by atoms with Crippen LogP contribution in [0.25, 0.3) is 0 Å². The predicted molar refractivity (Wildman–Crippen MR) is 79.6 cm³/mol. The minimum absolute atomic E-state index is 0.434. The molecule has 0 bridgehead atoms. The molecule has 1 saturated heterocycles. The number of ketones is 1. The van der Waals surface area contributed by atoms with Crippen molar-refractivity contribution in [3.05, 3.63) is 11.6 Å². The first-order valence-corrected chi connectivity index (χ1v) is 7.98. The van der Waals surface area contributed by atoms with Crippen molar-refractivity contribution >= 4 is 17.6 Å². The van der Waals surface area contributed by atoms with Gasteiger partial charge >= 0.3 is 5.78 Å². The van der Waals surface area contributed by atoms with E-state index in [1.807, 2.05) is 0 Å². The molecule has 0 saturated carbocycles. The van der Waals surface area contributed by atoms with Gasteiger partial charge in [0.05, 0.1) is 0 Å². The number of allylic oxidation sites excluding steroid dienone is 1. The lowest BCUT2D eigenvalue weighted by Gasteiger charge is -2.25. The van der Waals surface area contributed by atoms with Crippen LogP contribution in [0.2, 0.25) is 0 Å². The summed E-state index contributed by atoms with van der Waals surface area (Å²) in [4.78, 5) is 37.0. The van der Waals surface area contributed by atoms with Crippen LogP contribution in [0.15, 0.2) is 11.6 Å². The van der Waals surface area contributed by atoms with Gasteiger partial charge in [0.15, 0.2) is 0 Å². The van der Waals surface area contributed by atoms with Crippen LogP contribution in [0.4, 0.5) is 0 Å². The Bertz CT molecular complexity index is 437. The van der Waals surface area contributed by atoms with Gasteiger partial charge in [0.1, 0.15) is 0 Å². The molecule has 1 heterocycles. The molecule has 116 valence electrons. The van der Waals surface area contributed by atoms with E-state index < -0.39 is 17.6 Å². The molecule has 5 nitrogen and oxygen atoms in total. The van der Waals surface area contributed by atoms with E-state index >= 15 is 0 Å². The summed E-state index contributed by atoms with van der Waals surface area (Å²) in [5.74, 6) is -2.33. The van der Waals surface area contributed by atoms with Crippen LogP contribution in [0.5, 0.6) is 0 Å². The fourth-order valence-electron chi connectivity index (χ4n) is 2.89. The van der Waals surface area contributed by atoms with Crippen LogP contribution in [-0.4, -0.2) is 42.1 Å². The van der Waals surface area contributed by atoms with Gasteiger partial charge in [-0.2, -0.15) is 0 Å². The number of rotatable bonds is 5. The number of nitrogens with one attached hydrogen (secondary N) is 1. The minimum Gasteiger partial charge on any atom is -0.349 e. The molecule has 1 aliphatic heterocycles. The monoisotopic (exact) mass is 292 g/mol. The van der Waals surface area contributed by atoms with Crippen LogP contribution in [-0.2, 0) is 14.4 Å². The molecule has 2 aliphatic rings. The quantitative estimate of drug-likeness (QED) is 0.475. The minimum atomic E-state index is -0.922. The van der Waals surface area contributed by atoms with Crippen LogP contribution in [0.3, 0.4) is 0 Å². The largest absolute Gasteiger partial charge is 0.349 e. The SMILES string of the molecule is O=C(NCCC1=CCCCC1)C(=O)C(=O)N1CCCCC1. The highest BCUT2D eigenvalue weighted by Gasteiger charge is 2.28. The summed E-state index contributed by atoms with van der Waals surface area (Å²) >= 11 is 0. The van der Waals surface area contributed by atoms with Gasteiger partial charge < -0.3 is 10.2 Å². The Kier molecular flexibility index (Phi) is 5.96. The molecule has 2 rings (SSSR count). The summed E-state index contributed by atoms with van der Waals surface area (Å²) < 4.78 is 0. The van der Waals surface area contributed by atoms with E-state index in [-0.39, 0.29) is 0 Å². The highest BCUT2D eigenvalue weighted by molar-refractivity contribution is 6.62. The van der Waals surface area contributed by atoms with Crippen molar-refractivity contribution in [3.63, 3.8) is 0 Å². The zero-order chi connectivity index (χ0) is 15.1. The molecule has 1 fully saturated rings. The zero-order valence-corrected chi connectivity index (χ0v) is 12.5. The molecule has 0 unspecified atom stereocenters. The average molecular weight is 292 g/mol. The lowest BCUT2D eigenvalue weighted by Crippen LogP contribution is -2.46. The molecule has 0 atom stereocenters. The van der Waals surface area contributed by atoms with E-state index in [1.165, 1.54) is 23.3 Å². The maximum Gasteiger partial charge on any atom is 0.307 e. The van der Waals surface area contributed by atoms with Gasteiger partial charge in [-0.25, -0.2) is 0 Å². The van der Waals surface area contributed by atoms with E-state index in [9.17, 15) is 14.4 Å². The van der Waals surface area contributed by atoms with Crippen molar-refractivity contribution in [1.29, 1.82) is 0 Å². The van der Waals surface area contributed by atoms with Crippen molar-refractivity contribution in [2.75, 3.05) is 19.6 Å². The fraction of sp³-hybridized carbons (Fsp3) is 0.688. The number of Topliss-reactive ketones (excluding diaryl/α,β-unsaturated/α-hetero) is 1. The highest BCUT2D eigenvalue weighted by Crippen LogP contribution is 2.19. The van der Waals surface area contributed by atoms with Crippen molar-refractivity contribution < 1.29 is 14.4 Å². The van der Waals surface area contributed by atoms with Crippen molar-refractivity contribution in [2.45, 2.75) is 51.4 Å². The van der Waals surface area contributed by atoms with E-state index in [2.05, 4.69) is 11.4 Å². The molecule has 0 aromatic rings. The number of carbonyl (C=O) groups is 3. The molecular weight excluding hydrogens is 268 g/mol. The van der Waals surface area contributed by atoms with Crippen molar-refractivity contribution in [2.24, 2.45) is 0 Å². The maximum atomic E-state index is 11.9. The van der Waals surface area contributed by atoms with Crippen LogP contribution < -0.4 is 5.32 Å². The van der Waals surface area contributed by atoms with E-state index in [0.29, 0.717) is 19.6 Å². The van der Waals surface area contributed by atoms with Gasteiger partial charge in [0.25, 0.3) is 11.8 Å². The van der Waals surface area contributed by atoms with Gasteiger partial charge in [-0.3, -0.25) is 14.4 Å². The summed E-state index contributed by atoms with van der Waals surface area (Å²) in [5, 5.41) is 2.57. The third kappa shape index (κ3) is 4.69. The van der Waals surface area contributed by atoms with Gasteiger partial charge in [-0.05, 0) is 51.4 Å². The first-order valence-electron chi connectivity index (χ1n) is 7.98. The lowest BCUT2D eigenvalue weighted by molar-refractivity contribution is -0.150. The number of hydrogen-bond acceptors (Lipinski definition) is 3. The van der Waals surface area contributed by atoms with Gasteiger partial charge in [-0.1, -0.05) is 11.6 Å². The van der Waals surface area contributed by atoms with Crippen LogP contribution >= 0.6 is 0 Å². The van der Waals surface area contributed by atoms with E-state index in [0.717, 1.165) is 38.5 Å². The number of amides is 2. The second kappa shape index (κ2) is 7.96. The Hall–Kier alpha value is -1.65. The standard InChI is InChI=1S/C16H24N2O3/c19-14(16(21)18-11-5-2-6-12-18)15(20)17-10-9-13-7-3-1-4-8-13/h7H,1-6,8-12H2,(H,17,20). The predicted octanol–water partition coefficient (Wildman–Crippen LogP) is 1.57. The smallest absolute Gasteiger partial charge is 0.307 e. The maximum absolute atomic E-state index is 11.9. The van der Waals surface area contributed by atoms with E-state index in [1.54, 1.807) is 0 Å². The highest BCUT2D eigenvalue weighted by atomic mass is 16.2. The number of nitrogens with zero attached hydrogens (tertiary/aromatic N) is 1. The number of piperidine rings is 1. The summed E-state index contributed by atoms with van der Waals surface area (Å²) in [7, 11) is 0. The molecular formula is C16H24N2O3. The van der Waals surface area contributed by atoms with Gasteiger partial charge in [0.2, 0.25) is 0 Å². The zero-order valence-electron chi connectivity index (χ0n) is 12.5. The number of hydrogen-bond donors (Lipinski definition) is 1. The van der Waals surface area contributed by atoms with Crippen molar-refractivity contribution in [1.82, 2.24) is 10.2 Å². The van der Waals surface area contributed by atoms with Gasteiger partial charge in [0, 0.05) is 19.6 Å². The first kappa shape index (κ1) is 15.7. The Morgan fingerprint density at radius 2 is 1.81 bits per heavy atom. The molecule has 21 heavy (non-hydrogen) atoms. The molecule has 5 heteroatoms.